The fraction of sp³-hybridized carbons (Fsp3) is 0.333. The van der Waals surface area contributed by atoms with E-state index in [0.29, 0.717) is 6.61 Å². The van der Waals surface area contributed by atoms with E-state index in [9.17, 15) is 0 Å². The van der Waals surface area contributed by atoms with Gasteiger partial charge in [-0.1, -0.05) is 80.9 Å². The van der Waals surface area contributed by atoms with Crippen molar-refractivity contribution in [2.75, 3.05) is 0 Å². The minimum atomic E-state index is -0.0351. The molecule has 0 aliphatic heterocycles. The summed E-state index contributed by atoms with van der Waals surface area (Å²) in [7, 11) is 0. The molecular weight excluding hydrogens is 346 g/mol. The summed E-state index contributed by atoms with van der Waals surface area (Å²) >= 11 is 0. The van der Waals surface area contributed by atoms with Crippen molar-refractivity contribution in [1.82, 2.24) is 9.78 Å². The Morgan fingerprint density at radius 1 is 1.04 bits per heavy atom. The van der Waals surface area contributed by atoms with E-state index in [2.05, 4.69) is 82.2 Å². The predicted octanol–water partition coefficient (Wildman–Crippen LogP) is 5.81. The van der Waals surface area contributed by atoms with Crippen molar-refractivity contribution in [2.24, 2.45) is 5.16 Å². The topological polar surface area (TPSA) is 39.4 Å². The standard InChI is InChI=1S/C24H29N3O/c1-6-22(19-10-8-7-9-11-19)26-28-17-21-16-23(24(3,4)5)25-27(21)20-14-12-18(2)13-15-20/h7-16H,6,17H2,1-5H3. The summed E-state index contributed by atoms with van der Waals surface area (Å²) in [5.41, 5.74) is 6.28. The van der Waals surface area contributed by atoms with Gasteiger partial charge in [-0.15, -0.1) is 0 Å². The number of aromatic nitrogens is 2. The van der Waals surface area contributed by atoms with Crippen molar-refractivity contribution in [3.05, 3.63) is 83.2 Å². The number of oxime groups is 1. The summed E-state index contributed by atoms with van der Waals surface area (Å²) in [6.45, 7) is 11.0. The molecule has 0 atom stereocenters. The molecule has 0 saturated carbocycles. The molecule has 0 fully saturated rings. The molecular formula is C24H29N3O. The number of hydrogen-bond donors (Lipinski definition) is 0. The van der Waals surface area contributed by atoms with E-state index >= 15 is 0 Å². The molecule has 0 aliphatic rings. The molecule has 0 saturated heterocycles. The Labute approximate surface area is 167 Å². The summed E-state index contributed by atoms with van der Waals surface area (Å²) in [6, 6.07) is 20.6. The molecule has 0 aliphatic carbocycles. The quantitative estimate of drug-likeness (QED) is 0.403. The molecule has 0 radical (unpaired) electrons. The lowest BCUT2D eigenvalue weighted by molar-refractivity contribution is 0.125. The van der Waals surface area contributed by atoms with Gasteiger partial charge in [0.15, 0.2) is 6.61 Å². The van der Waals surface area contributed by atoms with Gasteiger partial charge in [0.05, 0.1) is 22.8 Å². The first kappa shape index (κ1) is 19.9. The molecule has 0 unspecified atom stereocenters. The molecule has 4 heteroatoms. The second-order valence-corrected chi connectivity index (χ2v) is 8.05. The minimum absolute atomic E-state index is 0.0351. The molecule has 4 nitrogen and oxygen atoms in total. The lowest BCUT2D eigenvalue weighted by Crippen LogP contribution is -2.12. The number of nitrogens with zero attached hydrogens (tertiary/aromatic N) is 3. The van der Waals surface area contributed by atoms with Crippen LogP contribution < -0.4 is 0 Å². The zero-order chi connectivity index (χ0) is 20.1. The van der Waals surface area contributed by atoms with Crippen molar-refractivity contribution in [2.45, 2.75) is 53.1 Å². The Morgan fingerprint density at radius 3 is 2.32 bits per heavy atom. The Morgan fingerprint density at radius 2 is 1.71 bits per heavy atom. The maximum absolute atomic E-state index is 5.77. The maximum Gasteiger partial charge on any atom is 0.159 e. The third-order valence-electron chi connectivity index (χ3n) is 4.66. The molecule has 1 heterocycles. The summed E-state index contributed by atoms with van der Waals surface area (Å²) in [4.78, 5) is 5.77. The van der Waals surface area contributed by atoms with Crippen LogP contribution >= 0.6 is 0 Å². The van der Waals surface area contributed by atoms with Gasteiger partial charge in [-0.25, -0.2) is 4.68 Å². The molecule has 3 aromatic rings. The molecule has 0 bridgehead atoms. The average Bonchev–Trinajstić information content (AvgIpc) is 3.11. The van der Waals surface area contributed by atoms with Crippen molar-refractivity contribution < 1.29 is 4.84 Å². The van der Waals surface area contributed by atoms with Crippen molar-refractivity contribution >= 4 is 5.71 Å². The molecule has 3 rings (SSSR count). The average molecular weight is 376 g/mol. The van der Waals surface area contributed by atoms with Gasteiger partial charge in [0.1, 0.15) is 0 Å². The fourth-order valence-electron chi connectivity index (χ4n) is 2.93. The highest BCUT2D eigenvalue weighted by atomic mass is 16.6. The summed E-state index contributed by atoms with van der Waals surface area (Å²) in [6.07, 6.45) is 0.814. The van der Waals surface area contributed by atoms with Gasteiger partial charge in [-0.05, 0) is 37.1 Å². The Balaban J connectivity index is 1.87. The predicted molar refractivity (Wildman–Crippen MR) is 115 cm³/mol. The van der Waals surface area contributed by atoms with Crippen LogP contribution in [0.4, 0.5) is 0 Å². The monoisotopic (exact) mass is 375 g/mol. The first-order chi connectivity index (χ1) is 13.4. The van der Waals surface area contributed by atoms with E-state index in [1.54, 1.807) is 0 Å². The van der Waals surface area contributed by atoms with E-state index in [0.717, 1.165) is 34.8 Å². The van der Waals surface area contributed by atoms with Crippen LogP contribution in [0.25, 0.3) is 5.69 Å². The first-order valence-corrected chi connectivity index (χ1v) is 9.79. The molecule has 146 valence electrons. The summed E-state index contributed by atoms with van der Waals surface area (Å²) in [5.74, 6) is 0. The van der Waals surface area contributed by atoms with Gasteiger partial charge in [0, 0.05) is 5.41 Å². The highest BCUT2D eigenvalue weighted by molar-refractivity contribution is 5.99. The molecule has 0 N–H and O–H groups in total. The highest BCUT2D eigenvalue weighted by Crippen LogP contribution is 2.24. The van der Waals surface area contributed by atoms with E-state index in [1.807, 2.05) is 22.9 Å². The number of benzene rings is 2. The third kappa shape index (κ3) is 4.69. The first-order valence-electron chi connectivity index (χ1n) is 9.79. The fourth-order valence-corrected chi connectivity index (χ4v) is 2.93. The van der Waals surface area contributed by atoms with Crippen LogP contribution in [0.5, 0.6) is 0 Å². The summed E-state index contributed by atoms with van der Waals surface area (Å²) < 4.78 is 1.96. The molecule has 28 heavy (non-hydrogen) atoms. The maximum atomic E-state index is 5.77. The van der Waals surface area contributed by atoms with Gasteiger partial charge < -0.3 is 4.84 Å². The second kappa shape index (κ2) is 8.42. The Bertz CT molecular complexity index is 932. The van der Waals surface area contributed by atoms with Gasteiger partial charge in [-0.2, -0.15) is 5.10 Å². The Kier molecular flexibility index (Phi) is 5.98. The molecule has 1 aromatic heterocycles. The van der Waals surface area contributed by atoms with Crippen molar-refractivity contribution in [3.63, 3.8) is 0 Å². The van der Waals surface area contributed by atoms with E-state index < -0.39 is 0 Å². The SMILES string of the molecule is CCC(=NOCc1cc(C(C)(C)C)nn1-c1ccc(C)cc1)c1ccccc1. The Hall–Kier alpha value is -2.88. The minimum Gasteiger partial charge on any atom is -0.389 e. The van der Waals surface area contributed by atoms with Crippen molar-refractivity contribution in [3.8, 4) is 5.69 Å². The van der Waals surface area contributed by atoms with Gasteiger partial charge in [-0.3, -0.25) is 0 Å². The van der Waals surface area contributed by atoms with Crippen LogP contribution in [0.1, 0.15) is 56.6 Å². The second-order valence-electron chi connectivity index (χ2n) is 8.05. The number of rotatable bonds is 6. The molecule has 0 amide bonds. The van der Waals surface area contributed by atoms with Crippen LogP contribution in [0, 0.1) is 6.92 Å². The third-order valence-corrected chi connectivity index (χ3v) is 4.66. The number of hydrogen-bond acceptors (Lipinski definition) is 3. The van der Waals surface area contributed by atoms with E-state index in [-0.39, 0.29) is 5.41 Å². The van der Waals surface area contributed by atoms with Crippen LogP contribution in [0.15, 0.2) is 65.8 Å². The van der Waals surface area contributed by atoms with Crippen LogP contribution in [0.3, 0.4) is 0 Å². The lowest BCUT2D eigenvalue weighted by atomic mass is 9.92. The van der Waals surface area contributed by atoms with E-state index in [1.165, 1.54) is 5.56 Å². The van der Waals surface area contributed by atoms with Gasteiger partial charge in [0.25, 0.3) is 0 Å². The lowest BCUT2D eigenvalue weighted by Gasteiger charge is -2.14. The van der Waals surface area contributed by atoms with Crippen LogP contribution in [-0.2, 0) is 16.9 Å². The van der Waals surface area contributed by atoms with Crippen molar-refractivity contribution in [1.29, 1.82) is 0 Å². The van der Waals surface area contributed by atoms with Crippen LogP contribution in [-0.4, -0.2) is 15.5 Å². The van der Waals surface area contributed by atoms with E-state index in [4.69, 9.17) is 9.94 Å². The number of aryl methyl sites for hydroxylation is 1. The summed E-state index contributed by atoms with van der Waals surface area (Å²) in [5, 5.41) is 9.25. The normalized spacial score (nSPS) is 12.2. The highest BCUT2D eigenvalue weighted by Gasteiger charge is 2.20. The zero-order valence-corrected chi connectivity index (χ0v) is 17.4. The van der Waals surface area contributed by atoms with Gasteiger partial charge >= 0.3 is 0 Å². The molecule has 0 spiro atoms. The molecule has 2 aromatic carbocycles. The smallest absolute Gasteiger partial charge is 0.159 e. The van der Waals surface area contributed by atoms with Gasteiger partial charge in [0.2, 0.25) is 0 Å². The zero-order valence-electron chi connectivity index (χ0n) is 17.4. The largest absolute Gasteiger partial charge is 0.389 e. The van der Waals surface area contributed by atoms with Crippen LogP contribution in [0.2, 0.25) is 0 Å².